The highest BCUT2D eigenvalue weighted by Gasteiger charge is 2.24. The molecule has 0 saturated heterocycles. The van der Waals surface area contributed by atoms with E-state index in [1.54, 1.807) is 35.4 Å². The van der Waals surface area contributed by atoms with E-state index in [0.717, 1.165) is 15.9 Å². The Kier molecular flexibility index (Phi) is 4.98. The first-order valence-corrected chi connectivity index (χ1v) is 10.5. The second-order valence-corrected chi connectivity index (χ2v) is 8.12. The van der Waals surface area contributed by atoms with E-state index in [0.29, 0.717) is 47.0 Å². The molecular formula is C22H16ClN3O3S. The fraction of sp³-hybridized carbons (Fsp3) is 0.136. The van der Waals surface area contributed by atoms with E-state index >= 15 is 0 Å². The number of rotatable bonds is 4. The third-order valence-corrected chi connectivity index (χ3v) is 5.93. The van der Waals surface area contributed by atoms with Crippen molar-refractivity contribution in [2.24, 2.45) is 0 Å². The number of thiazole rings is 1. The van der Waals surface area contributed by atoms with E-state index < -0.39 is 0 Å². The normalized spacial score (nSPS) is 12.7. The highest BCUT2D eigenvalue weighted by Crippen LogP contribution is 2.34. The number of aromatic nitrogens is 2. The van der Waals surface area contributed by atoms with Gasteiger partial charge in [-0.15, -0.1) is 0 Å². The van der Waals surface area contributed by atoms with E-state index in [1.165, 1.54) is 11.3 Å². The predicted molar refractivity (Wildman–Crippen MR) is 117 cm³/mol. The van der Waals surface area contributed by atoms with Crippen molar-refractivity contribution in [2.75, 3.05) is 18.1 Å². The Bertz CT molecular complexity index is 1230. The number of carbonyl (C=O) groups is 1. The maximum absolute atomic E-state index is 13.5. The molecule has 1 aliphatic heterocycles. The van der Waals surface area contributed by atoms with Gasteiger partial charge in [0.05, 0.1) is 22.5 Å². The number of fused-ring (bicyclic) bond motifs is 2. The largest absolute Gasteiger partial charge is 0.486 e. The van der Waals surface area contributed by atoms with Crippen LogP contribution >= 0.6 is 22.9 Å². The zero-order chi connectivity index (χ0) is 20.5. The second kappa shape index (κ2) is 7.93. The number of carbonyl (C=O) groups excluding carboxylic acids is 1. The lowest BCUT2D eigenvalue weighted by Crippen LogP contribution is -2.31. The monoisotopic (exact) mass is 437 g/mol. The minimum Gasteiger partial charge on any atom is -0.486 e. The summed E-state index contributed by atoms with van der Waals surface area (Å²) in [7, 11) is 0. The van der Waals surface area contributed by atoms with Gasteiger partial charge in [-0.25, -0.2) is 4.98 Å². The Morgan fingerprint density at radius 2 is 1.93 bits per heavy atom. The van der Waals surface area contributed by atoms with Crippen LogP contribution in [0.1, 0.15) is 16.1 Å². The van der Waals surface area contributed by atoms with Crippen LogP contribution in [0.25, 0.3) is 10.2 Å². The van der Waals surface area contributed by atoms with E-state index in [2.05, 4.69) is 9.97 Å². The fourth-order valence-electron chi connectivity index (χ4n) is 3.21. The van der Waals surface area contributed by atoms with Crippen molar-refractivity contribution >= 4 is 44.2 Å². The lowest BCUT2D eigenvalue weighted by Gasteiger charge is -2.22. The molecular weight excluding hydrogens is 422 g/mol. The third-order valence-electron chi connectivity index (χ3n) is 4.65. The standard InChI is InChI=1S/C22H16ClN3O3S/c23-15-5-6-17-20(12-15)30-22(25-17)26(13-16-3-1-2-8-24-16)21(27)14-4-7-18-19(11-14)29-10-9-28-18/h1-8,11-12H,9-10,13H2. The smallest absolute Gasteiger partial charge is 0.260 e. The quantitative estimate of drug-likeness (QED) is 0.451. The van der Waals surface area contributed by atoms with Gasteiger partial charge in [0, 0.05) is 16.8 Å². The summed E-state index contributed by atoms with van der Waals surface area (Å²) in [6, 6.07) is 16.3. The van der Waals surface area contributed by atoms with Gasteiger partial charge in [-0.2, -0.15) is 0 Å². The lowest BCUT2D eigenvalue weighted by molar-refractivity contribution is 0.0983. The van der Waals surface area contributed by atoms with Crippen molar-refractivity contribution < 1.29 is 14.3 Å². The summed E-state index contributed by atoms with van der Waals surface area (Å²) < 4.78 is 12.1. The Labute approximate surface area is 181 Å². The first kappa shape index (κ1) is 18.8. The molecule has 1 aliphatic rings. The van der Waals surface area contributed by atoms with E-state index in [1.807, 2.05) is 30.3 Å². The van der Waals surface area contributed by atoms with Crippen molar-refractivity contribution in [3.63, 3.8) is 0 Å². The van der Waals surface area contributed by atoms with Crippen LogP contribution in [0.2, 0.25) is 5.02 Å². The van der Waals surface area contributed by atoms with Crippen LogP contribution in [0, 0.1) is 0 Å². The molecule has 4 aromatic rings. The van der Waals surface area contributed by atoms with Crippen molar-refractivity contribution in [2.45, 2.75) is 6.54 Å². The number of amides is 1. The van der Waals surface area contributed by atoms with E-state index in [9.17, 15) is 4.79 Å². The van der Waals surface area contributed by atoms with Gasteiger partial charge in [0.2, 0.25) is 0 Å². The molecule has 2 aromatic carbocycles. The maximum Gasteiger partial charge on any atom is 0.260 e. The number of ether oxygens (including phenoxy) is 2. The van der Waals surface area contributed by atoms with Crippen molar-refractivity contribution in [3.05, 3.63) is 77.1 Å². The molecule has 0 N–H and O–H groups in total. The molecule has 0 unspecified atom stereocenters. The molecule has 0 fully saturated rings. The predicted octanol–water partition coefficient (Wildman–Crippen LogP) is 4.96. The highest BCUT2D eigenvalue weighted by molar-refractivity contribution is 7.22. The van der Waals surface area contributed by atoms with E-state index in [4.69, 9.17) is 21.1 Å². The lowest BCUT2D eigenvalue weighted by atomic mass is 10.1. The van der Waals surface area contributed by atoms with Crippen LogP contribution in [0.5, 0.6) is 11.5 Å². The molecule has 3 heterocycles. The summed E-state index contributed by atoms with van der Waals surface area (Å²) >= 11 is 7.54. The van der Waals surface area contributed by atoms with Crippen molar-refractivity contribution in [1.29, 1.82) is 0 Å². The van der Waals surface area contributed by atoms with Gasteiger partial charge in [-0.05, 0) is 48.5 Å². The summed E-state index contributed by atoms with van der Waals surface area (Å²) in [5, 5.41) is 1.21. The van der Waals surface area contributed by atoms with Gasteiger partial charge in [0.15, 0.2) is 16.6 Å². The molecule has 6 nitrogen and oxygen atoms in total. The molecule has 5 rings (SSSR count). The summed E-state index contributed by atoms with van der Waals surface area (Å²) in [5.41, 5.74) is 2.05. The van der Waals surface area contributed by atoms with Crippen LogP contribution in [-0.2, 0) is 6.54 Å². The third kappa shape index (κ3) is 3.69. The minimum atomic E-state index is -0.192. The number of pyridine rings is 1. The number of hydrogen-bond acceptors (Lipinski definition) is 6. The van der Waals surface area contributed by atoms with Crippen molar-refractivity contribution in [1.82, 2.24) is 9.97 Å². The van der Waals surface area contributed by atoms with Crippen LogP contribution in [0.15, 0.2) is 60.8 Å². The molecule has 8 heteroatoms. The first-order valence-electron chi connectivity index (χ1n) is 9.35. The molecule has 2 aromatic heterocycles. The zero-order valence-corrected chi connectivity index (χ0v) is 17.3. The Morgan fingerprint density at radius 1 is 1.07 bits per heavy atom. The number of halogens is 1. The molecule has 0 atom stereocenters. The summed E-state index contributed by atoms with van der Waals surface area (Å²) in [6.45, 7) is 1.25. The molecule has 0 bridgehead atoms. The number of nitrogens with zero attached hydrogens (tertiary/aromatic N) is 3. The molecule has 1 amide bonds. The summed E-state index contributed by atoms with van der Waals surface area (Å²) in [5.74, 6) is 1.02. The zero-order valence-electron chi connectivity index (χ0n) is 15.7. The average molecular weight is 438 g/mol. The Hall–Kier alpha value is -3.16. The van der Waals surface area contributed by atoms with E-state index in [-0.39, 0.29) is 5.91 Å². The average Bonchev–Trinajstić information content (AvgIpc) is 3.20. The SMILES string of the molecule is O=C(c1ccc2c(c1)OCCO2)N(Cc1ccccn1)c1nc2ccc(Cl)cc2s1. The molecule has 0 aliphatic carbocycles. The van der Waals surface area contributed by atoms with Gasteiger partial charge in [0.25, 0.3) is 5.91 Å². The Balaban J connectivity index is 1.55. The number of anilines is 1. The van der Waals surface area contributed by atoms with Crippen molar-refractivity contribution in [3.8, 4) is 11.5 Å². The molecule has 30 heavy (non-hydrogen) atoms. The fourth-order valence-corrected chi connectivity index (χ4v) is 4.45. The molecule has 0 radical (unpaired) electrons. The second-order valence-electron chi connectivity index (χ2n) is 6.68. The Morgan fingerprint density at radius 3 is 2.77 bits per heavy atom. The minimum absolute atomic E-state index is 0.192. The van der Waals surface area contributed by atoms with Gasteiger partial charge < -0.3 is 9.47 Å². The molecule has 150 valence electrons. The molecule has 0 spiro atoms. The highest BCUT2D eigenvalue weighted by atomic mass is 35.5. The number of benzene rings is 2. The summed E-state index contributed by atoms with van der Waals surface area (Å²) in [4.78, 5) is 24.2. The maximum atomic E-state index is 13.5. The first-order chi connectivity index (χ1) is 14.7. The van der Waals surface area contributed by atoms with Crippen LogP contribution in [-0.4, -0.2) is 29.1 Å². The van der Waals surface area contributed by atoms with Crippen LogP contribution in [0.3, 0.4) is 0 Å². The van der Waals surface area contributed by atoms with Gasteiger partial charge in [0.1, 0.15) is 13.2 Å². The van der Waals surface area contributed by atoms with Crippen LogP contribution < -0.4 is 14.4 Å². The van der Waals surface area contributed by atoms with Gasteiger partial charge in [-0.3, -0.25) is 14.7 Å². The topological polar surface area (TPSA) is 64.6 Å². The van der Waals surface area contributed by atoms with Gasteiger partial charge >= 0.3 is 0 Å². The van der Waals surface area contributed by atoms with Crippen LogP contribution in [0.4, 0.5) is 5.13 Å². The summed E-state index contributed by atoms with van der Waals surface area (Å²) in [6.07, 6.45) is 1.71. The number of hydrogen-bond donors (Lipinski definition) is 0. The van der Waals surface area contributed by atoms with Gasteiger partial charge in [-0.1, -0.05) is 29.0 Å². The molecule has 0 saturated carbocycles.